The maximum atomic E-state index is 12.6. The Morgan fingerprint density at radius 3 is 2.33 bits per heavy atom. The van der Waals surface area contributed by atoms with E-state index in [1.807, 2.05) is 0 Å². The van der Waals surface area contributed by atoms with Crippen LogP contribution in [0.1, 0.15) is 35.7 Å². The molecule has 0 aromatic heterocycles. The van der Waals surface area contributed by atoms with Gasteiger partial charge in [-0.05, 0) is 67.8 Å². The number of methoxy groups -OCH3 is 1. The van der Waals surface area contributed by atoms with Crippen LogP contribution in [0.2, 0.25) is 0 Å². The Kier molecular flexibility index (Phi) is 11.5. The van der Waals surface area contributed by atoms with E-state index < -0.39 is 17.9 Å². The van der Waals surface area contributed by atoms with E-state index in [0.29, 0.717) is 54.3 Å². The number of carbonyl (C=O) groups excluding carboxylic acids is 3. The van der Waals surface area contributed by atoms with Crippen LogP contribution < -0.4 is 14.2 Å². The number of carbonyl (C=O) groups is 3. The molecule has 2 aromatic carbocycles. The molecule has 0 N–H and O–H groups in total. The summed E-state index contributed by atoms with van der Waals surface area (Å²) in [6.45, 7) is 9.49. The Hall–Kier alpha value is -4.33. The van der Waals surface area contributed by atoms with E-state index in [1.165, 1.54) is 19.3 Å². The van der Waals surface area contributed by atoms with E-state index in [9.17, 15) is 14.4 Å². The summed E-state index contributed by atoms with van der Waals surface area (Å²) in [7, 11) is 1.45. The fourth-order valence-electron chi connectivity index (χ4n) is 2.75. The quantitative estimate of drug-likeness (QED) is 0.120. The average Bonchev–Trinajstić information content (AvgIpc) is 2.88. The van der Waals surface area contributed by atoms with E-state index in [4.69, 9.17) is 23.7 Å². The predicted molar refractivity (Wildman–Crippen MR) is 135 cm³/mol. The number of esters is 3. The van der Waals surface area contributed by atoms with Crippen LogP contribution in [-0.4, -0.2) is 44.8 Å². The molecule has 8 heteroatoms. The second-order valence-corrected chi connectivity index (χ2v) is 7.55. The fraction of sp³-hybridized carbons (Fsp3) is 0.250. The lowest BCUT2D eigenvalue weighted by Gasteiger charge is -2.11. The molecule has 2 aromatic rings. The molecule has 0 aliphatic carbocycles. The zero-order chi connectivity index (χ0) is 26.3. The van der Waals surface area contributed by atoms with E-state index in [2.05, 4.69) is 13.2 Å². The number of rotatable bonds is 14. The summed E-state index contributed by atoms with van der Waals surface area (Å²) in [5, 5.41) is 0. The van der Waals surface area contributed by atoms with Crippen molar-refractivity contribution >= 4 is 24.0 Å². The Morgan fingerprint density at radius 1 is 0.944 bits per heavy atom. The summed E-state index contributed by atoms with van der Waals surface area (Å²) in [6, 6.07) is 11.4. The summed E-state index contributed by atoms with van der Waals surface area (Å²) >= 11 is 0. The minimum absolute atomic E-state index is 0.128. The number of ether oxygens (including phenoxy) is 5. The molecule has 8 nitrogen and oxygen atoms in total. The third-order valence-electron chi connectivity index (χ3n) is 4.62. The van der Waals surface area contributed by atoms with Crippen LogP contribution in [0.4, 0.5) is 0 Å². The average molecular weight is 495 g/mol. The van der Waals surface area contributed by atoms with Gasteiger partial charge in [0.15, 0.2) is 11.5 Å². The molecule has 0 radical (unpaired) electrons. The zero-order valence-electron chi connectivity index (χ0n) is 20.5. The molecule has 0 saturated heterocycles. The Bertz CT molecular complexity index is 1100. The van der Waals surface area contributed by atoms with Gasteiger partial charge in [-0.25, -0.2) is 14.4 Å². The standard InChI is InChI=1S/C28H30O8/c1-5-16-34-26(29)15-9-21-8-14-24(25(19-21)32-4)36-28(31)22-10-12-23(13-11-22)33-17-6-7-18-35-27(30)20(2)3/h5,8-15,19H,1-2,6-7,16-18H2,3-4H3. The highest BCUT2D eigenvalue weighted by Crippen LogP contribution is 2.29. The van der Waals surface area contributed by atoms with Crippen molar-refractivity contribution < 1.29 is 38.1 Å². The van der Waals surface area contributed by atoms with Crippen molar-refractivity contribution in [3.8, 4) is 17.2 Å². The minimum Gasteiger partial charge on any atom is -0.494 e. The smallest absolute Gasteiger partial charge is 0.343 e. The fourth-order valence-corrected chi connectivity index (χ4v) is 2.75. The molecule has 0 amide bonds. The zero-order valence-corrected chi connectivity index (χ0v) is 20.5. The van der Waals surface area contributed by atoms with Crippen molar-refractivity contribution in [3.63, 3.8) is 0 Å². The second-order valence-electron chi connectivity index (χ2n) is 7.55. The SMILES string of the molecule is C=CCOC(=O)C=Cc1ccc(OC(=O)c2ccc(OCCCCOC(=O)C(=C)C)cc2)c(OC)c1. The molecular weight excluding hydrogens is 464 g/mol. The molecule has 0 saturated carbocycles. The Labute approximate surface area is 210 Å². The molecule has 0 unspecified atom stereocenters. The van der Waals surface area contributed by atoms with E-state index in [0.717, 1.165) is 0 Å². The van der Waals surface area contributed by atoms with Gasteiger partial charge in [-0.15, -0.1) is 0 Å². The van der Waals surface area contributed by atoms with Crippen LogP contribution in [0.15, 0.2) is 73.3 Å². The molecule has 190 valence electrons. The molecular formula is C28H30O8. The second kappa shape index (κ2) is 14.8. The number of unbranched alkanes of at least 4 members (excludes halogenated alkanes) is 1. The third-order valence-corrected chi connectivity index (χ3v) is 4.62. The summed E-state index contributed by atoms with van der Waals surface area (Å²) in [5.41, 5.74) is 1.37. The van der Waals surface area contributed by atoms with Gasteiger partial charge >= 0.3 is 17.9 Å². The highest BCUT2D eigenvalue weighted by molar-refractivity contribution is 5.91. The van der Waals surface area contributed by atoms with Gasteiger partial charge in [-0.2, -0.15) is 0 Å². The van der Waals surface area contributed by atoms with Crippen molar-refractivity contribution in [2.45, 2.75) is 19.8 Å². The van der Waals surface area contributed by atoms with E-state index in [1.54, 1.807) is 55.5 Å². The molecule has 0 spiro atoms. The van der Waals surface area contributed by atoms with Gasteiger partial charge in [0.2, 0.25) is 0 Å². The van der Waals surface area contributed by atoms with Gasteiger partial charge in [-0.3, -0.25) is 0 Å². The van der Waals surface area contributed by atoms with Gasteiger partial charge in [0, 0.05) is 11.6 Å². The van der Waals surface area contributed by atoms with E-state index >= 15 is 0 Å². The monoisotopic (exact) mass is 494 g/mol. The first-order valence-corrected chi connectivity index (χ1v) is 11.3. The largest absolute Gasteiger partial charge is 0.494 e. The maximum absolute atomic E-state index is 12.6. The van der Waals surface area contributed by atoms with Gasteiger partial charge in [0.1, 0.15) is 12.4 Å². The van der Waals surface area contributed by atoms with Crippen LogP contribution in [0, 0.1) is 0 Å². The molecule has 0 bridgehead atoms. The van der Waals surface area contributed by atoms with Gasteiger partial charge in [0.25, 0.3) is 0 Å². The lowest BCUT2D eigenvalue weighted by atomic mass is 10.2. The van der Waals surface area contributed by atoms with Crippen LogP contribution in [-0.2, 0) is 19.1 Å². The topological polar surface area (TPSA) is 97.4 Å². The number of hydrogen-bond donors (Lipinski definition) is 0. The highest BCUT2D eigenvalue weighted by Gasteiger charge is 2.13. The van der Waals surface area contributed by atoms with Crippen LogP contribution in [0.5, 0.6) is 17.2 Å². The normalized spacial score (nSPS) is 10.4. The molecule has 2 rings (SSSR count). The Balaban J connectivity index is 1.86. The lowest BCUT2D eigenvalue weighted by molar-refractivity contribution is -0.139. The van der Waals surface area contributed by atoms with Crippen LogP contribution >= 0.6 is 0 Å². The highest BCUT2D eigenvalue weighted by atomic mass is 16.6. The molecule has 0 fully saturated rings. The first kappa shape index (κ1) is 27.9. The van der Waals surface area contributed by atoms with Crippen molar-refractivity contribution in [2.24, 2.45) is 0 Å². The van der Waals surface area contributed by atoms with Crippen molar-refractivity contribution in [1.29, 1.82) is 0 Å². The molecule has 0 atom stereocenters. The van der Waals surface area contributed by atoms with Crippen molar-refractivity contribution in [2.75, 3.05) is 26.9 Å². The first-order valence-electron chi connectivity index (χ1n) is 11.3. The van der Waals surface area contributed by atoms with Gasteiger partial charge < -0.3 is 23.7 Å². The predicted octanol–water partition coefficient (Wildman–Crippen LogP) is 4.94. The molecule has 0 heterocycles. The summed E-state index contributed by atoms with van der Waals surface area (Å²) < 4.78 is 26.4. The maximum Gasteiger partial charge on any atom is 0.343 e. The van der Waals surface area contributed by atoms with E-state index in [-0.39, 0.29) is 12.4 Å². The van der Waals surface area contributed by atoms with Crippen LogP contribution in [0.25, 0.3) is 6.08 Å². The van der Waals surface area contributed by atoms with Gasteiger partial charge in [0.05, 0.1) is 25.9 Å². The number of hydrogen-bond acceptors (Lipinski definition) is 8. The molecule has 0 aliphatic heterocycles. The van der Waals surface area contributed by atoms with Gasteiger partial charge in [-0.1, -0.05) is 25.3 Å². The summed E-state index contributed by atoms with van der Waals surface area (Å²) in [5.74, 6) is -0.284. The summed E-state index contributed by atoms with van der Waals surface area (Å²) in [6.07, 6.45) is 5.69. The minimum atomic E-state index is -0.560. The van der Waals surface area contributed by atoms with Crippen molar-refractivity contribution in [1.82, 2.24) is 0 Å². The van der Waals surface area contributed by atoms with Crippen LogP contribution in [0.3, 0.4) is 0 Å². The lowest BCUT2D eigenvalue weighted by Crippen LogP contribution is -2.09. The van der Waals surface area contributed by atoms with Crippen molar-refractivity contribution in [3.05, 3.63) is 84.5 Å². The molecule has 36 heavy (non-hydrogen) atoms. The summed E-state index contributed by atoms with van der Waals surface area (Å²) in [4.78, 5) is 35.5. The Morgan fingerprint density at radius 2 is 1.67 bits per heavy atom. The third kappa shape index (κ3) is 9.50. The number of benzene rings is 2. The first-order chi connectivity index (χ1) is 17.3. The molecule has 0 aliphatic rings.